The molecule has 2 fully saturated rings. The topological polar surface area (TPSA) is 55.6 Å². The molecule has 0 spiro atoms. The van der Waals surface area contributed by atoms with Crippen LogP contribution in [0, 0.1) is 0 Å². The van der Waals surface area contributed by atoms with Crippen molar-refractivity contribution in [3.63, 3.8) is 0 Å². The van der Waals surface area contributed by atoms with Crippen molar-refractivity contribution in [2.75, 3.05) is 20.2 Å². The maximum absolute atomic E-state index is 11.9. The average molecular weight is 268 g/mol. The van der Waals surface area contributed by atoms with Gasteiger partial charge in [0, 0.05) is 6.04 Å². The van der Waals surface area contributed by atoms with Crippen molar-refractivity contribution in [1.29, 1.82) is 0 Å². The number of hydrogen-bond acceptors (Lipinski definition) is 4. The smallest absolute Gasteiger partial charge is 0.325 e. The standard InChI is InChI=1S/C15H28N2O2/c1-19-14(18)15(16)9-7-8-13(12-15)17-10-5-3-2-4-6-11-17/h13H,2-12,16H2,1H3. The van der Waals surface area contributed by atoms with Gasteiger partial charge in [0.15, 0.2) is 0 Å². The average Bonchev–Trinajstić information content (AvgIpc) is 2.37. The van der Waals surface area contributed by atoms with E-state index in [-0.39, 0.29) is 5.97 Å². The van der Waals surface area contributed by atoms with Gasteiger partial charge in [0.2, 0.25) is 0 Å². The van der Waals surface area contributed by atoms with Gasteiger partial charge in [-0.2, -0.15) is 0 Å². The second-order valence-electron chi connectivity index (χ2n) is 6.20. The fourth-order valence-corrected chi connectivity index (χ4v) is 3.62. The van der Waals surface area contributed by atoms with Gasteiger partial charge in [0.05, 0.1) is 7.11 Å². The number of hydrogen-bond donors (Lipinski definition) is 1. The van der Waals surface area contributed by atoms with Crippen LogP contribution in [-0.4, -0.2) is 42.6 Å². The van der Waals surface area contributed by atoms with E-state index in [9.17, 15) is 4.79 Å². The molecule has 19 heavy (non-hydrogen) atoms. The molecule has 0 aromatic carbocycles. The van der Waals surface area contributed by atoms with E-state index in [1.165, 1.54) is 58.7 Å². The summed E-state index contributed by atoms with van der Waals surface area (Å²) in [5, 5.41) is 0. The molecule has 4 heteroatoms. The molecule has 1 heterocycles. The van der Waals surface area contributed by atoms with E-state index < -0.39 is 5.54 Å². The van der Waals surface area contributed by atoms with Gasteiger partial charge in [-0.05, 0) is 51.6 Å². The minimum atomic E-state index is -0.750. The predicted octanol–water partition coefficient (Wildman–Crippen LogP) is 2.07. The number of likely N-dealkylation sites (tertiary alicyclic amines) is 1. The van der Waals surface area contributed by atoms with Crippen molar-refractivity contribution >= 4 is 5.97 Å². The number of esters is 1. The zero-order chi connectivity index (χ0) is 13.7. The van der Waals surface area contributed by atoms with Crippen molar-refractivity contribution in [1.82, 2.24) is 4.90 Å². The molecule has 0 radical (unpaired) electrons. The van der Waals surface area contributed by atoms with Gasteiger partial charge in [-0.15, -0.1) is 0 Å². The molecule has 2 rings (SSSR count). The summed E-state index contributed by atoms with van der Waals surface area (Å²) in [6.45, 7) is 2.34. The first-order valence-electron chi connectivity index (χ1n) is 7.77. The molecule has 2 aliphatic rings. The molecule has 1 aliphatic heterocycles. The highest BCUT2D eigenvalue weighted by molar-refractivity contribution is 5.80. The van der Waals surface area contributed by atoms with E-state index in [2.05, 4.69) is 4.90 Å². The lowest BCUT2D eigenvalue weighted by molar-refractivity contribution is -0.149. The van der Waals surface area contributed by atoms with Crippen LogP contribution in [0.15, 0.2) is 0 Å². The Morgan fingerprint density at radius 3 is 2.42 bits per heavy atom. The molecular weight excluding hydrogens is 240 g/mol. The highest BCUT2D eigenvalue weighted by Crippen LogP contribution is 2.31. The third kappa shape index (κ3) is 3.69. The number of rotatable bonds is 2. The third-order valence-corrected chi connectivity index (χ3v) is 4.76. The van der Waals surface area contributed by atoms with Crippen molar-refractivity contribution in [2.45, 2.75) is 69.4 Å². The SMILES string of the molecule is COC(=O)C1(N)CCCC(N2CCCCCCC2)C1. The molecule has 1 aliphatic carbocycles. The Morgan fingerprint density at radius 1 is 1.16 bits per heavy atom. The molecule has 4 nitrogen and oxygen atoms in total. The highest BCUT2D eigenvalue weighted by atomic mass is 16.5. The fourth-order valence-electron chi connectivity index (χ4n) is 3.62. The second-order valence-corrected chi connectivity index (χ2v) is 6.20. The first kappa shape index (κ1) is 14.8. The summed E-state index contributed by atoms with van der Waals surface area (Å²) in [5.74, 6) is -0.232. The van der Waals surface area contributed by atoms with Crippen molar-refractivity contribution < 1.29 is 9.53 Å². The van der Waals surface area contributed by atoms with E-state index in [1.54, 1.807) is 0 Å². The lowest BCUT2D eigenvalue weighted by atomic mass is 9.79. The summed E-state index contributed by atoms with van der Waals surface area (Å²) in [7, 11) is 1.44. The van der Waals surface area contributed by atoms with Gasteiger partial charge in [0.1, 0.15) is 5.54 Å². The largest absolute Gasteiger partial charge is 0.468 e. The quantitative estimate of drug-likeness (QED) is 0.779. The van der Waals surface area contributed by atoms with Crippen molar-refractivity contribution in [3.05, 3.63) is 0 Å². The van der Waals surface area contributed by atoms with Crippen LogP contribution in [0.5, 0.6) is 0 Å². The van der Waals surface area contributed by atoms with Gasteiger partial charge < -0.3 is 15.4 Å². The van der Waals surface area contributed by atoms with E-state index in [4.69, 9.17) is 10.5 Å². The van der Waals surface area contributed by atoms with Crippen molar-refractivity contribution in [2.24, 2.45) is 5.73 Å². The molecule has 2 atom stereocenters. The molecule has 1 saturated heterocycles. The van der Waals surface area contributed by atoms with E-state index >= 15 is 0 Å². The monoisotopic (exact) mass is 268 g/mol. The summed E-state index contributed by atoms with van der Waals surface area (Å²) >= 11 is 0. The Bertz CT molecular complexity index is 301. The van der Waals surface area contributed by atoms with E-state index in [0.717, 1.165) is 19.3 Å². The summed E-state index contributed by atoms with van der Waals surface area (Å²) < 4.78 is 4.89. The Morgan fingerprint density at radius 2 is 1.79 bits per heavy atom. The maximum Gasteiger partial charge on any atom is 0.325 e. The van der Waals surface area contributed by atoms with Crippen LogP contribution in [-0.2, 0) is 9.53 Å². The van der Waals surface area contributed by atoms with Gasteiger partial charge in [-0.3, -0.25) is 4.79 Å². The van der Waals surface area contributed by atoms with E-state index in [0.29, 0.717) is 6.04 Å². The van der Waals surface area contributed by atoms with Crippen LogP contribution in [0.3, 0.4) is 0 Å². The van der Waals surface area contributed by atoms with Gasteiger partial charge >= 0.3 is 5.97 Å². The number of carbonyl (C=O) groups excluding carboxylic acids is 1. The van der Waals surface area contributed by atoms with Gasteiger partial charge in [-0.1, -0.05) is 19.3 Å². The zero-order valence-electron chi connectivity index (χ0n) is 12.2. The molecule has 1 saturated carbocycles. The Kier molecular flexibility index (Phi) is 5.22. The maximum atomic E-state index is 11.9. The summed E-state index contributed by atoms with van der Waals surface area (Å²) in [6.07, 6.45) is 10.4. The third-order valence-electron chi connectivity index (χ3n) is 4.76. The normalized spacial score (nSPS) is 34.3. The summed E-state index contributed by atoms with van der Waals surface area (Å²) in [5.41, 5.74) is 5.53. The Labute approximate surface area is 116 Å². The second kappa shape index (κ2) is 6.71. The molecule has 2 N–H and O–H groups in total. The first-order valence-corrected chi connectivity index (χ1v) is 7.77. The van der Waals surface area contributed by atoms with Gasteiger partial charge in [-0.25, -0.2) is 0 Å². The summed E-state index contributed by atoms with van der Waals surface area (Å²) in [6, 6.07) is 0.468. The number of methoxy groups -OCH3 is 1. The predicted molar refractivity (Wildman–Crippen MR) is 75.8 cm³/mol. The van der Waals surface area contributed by atoms with Crippen LogP contribution in [0.4, 0.5) is 0 Å². The van der Waals surface area contributed by atoms with Crippen molar-refractivity contribution in [3.8, 4) is 0 Å². The Balaban J connectivity index is 1.97. The lowest BCUT2D eigenvalue weighted by Gasteiger charge is -2.41. The van der Waals surface area contributed by atoms with Crippen LogP contribution >= 0.6 is 0 Å². The number of ether oxygens (including phenoxy) is 1. The highest BCUT2D eigenvalue weighted by Gasteiger charge is 2.41. The molecule has 110 valence electrons. The molecule has 0 aromatic heterocycles. The minimum Gasteiger partial charge on any atom is -0.468 e. The number of nitrogens with two attached hydrogens (primary N) is 1. The molecule has 0 bridgehead atoms. The Hall–Kier alpha value is -0.610. The zero-order valence-corrected chi connectivity index (χ0v) is 12.2. The number of carbonyl (C=O) groups is 1. The molecule has 0 amide bonds. The van der Waals surface area contributed by atoms with Crippen LogP contribution < -0.4 is 5.73 Å². The first-order chi connectivity index (χ1) is 9.15. The molecule has 2 unspecified atom stereocenters. The van der Waals surface area contributed by atoms with Gasteiger partial charge in [0.25, 0.3) is 0 Å². The van der Waals surface area contributed by atoms with Crippen LogP contribution in [0.1, 0.15) is 57.8 Å². The summed E-state index contributed by atoms with van der Waals surface area (Å²) in [4.78, 5) is 14.4. The van der Waals surface area contributed by atoms with E-state index in [1.807, 2.05) is 0 Å². The fraction of sp³-hybridized carbons (Fsp3) is 0.933. The van der Waals surface area contributed by atoms with Crippen LogP contribution in [0.25, 0.3) is 0 Å². The minimum absolute atomic E-state index is 0.232. The van der Waals surface area contributed by atoms with Crippen LogP contribution in [0.2, 0.25) is 0 Å². The lowest BCUT2D eigenvalue weighted by Crippen LogP contribution is -2.56. The number of nitrogens with zero attached hydrogens (tertiary/aromatic N) is 1. The molecule has 0 aromatic rings. The molecular formula is C15H28N2O2.